The highest BCUT2D eigenvalue weighted by Gasteiger charge is 2.42. The smallest absolute Gasteiger partial charge is 0.224 e. The van der Waals surface area contributed by atoms with Crippen molar-refractivity contribution in [3.05, 3.63) is 89.5 Å². The number of Topliss-reactive ketones (excluding diaryl/α,β-unsaturated/α-hetero) is 1. The third-order valence-corrected chi connectivity index (χ3v) is 7.13. The number of nitrogens with zero attached hydrogens (tertiary/aromatic N) is 2. The van der Waals surface area contributed by atoms with E-state index in [9.17, 15) is 9.59 Å². The van der Waals surface area contributed by atoms with Gasteiger partial charge in [-0.3, -0.25) is 14.5 Å². The highest BCUT2D eigenvalue weighted by molar-refractivity contribution is 6.05. The minimum atomic E-state index is -0.604. The van der Waals surface area contributed by atoms with Crippen molar-refractivity contribution in [1.29, 1.82) is 0 Å². The SMILES string of the molecule is CCN(CC)c1ccc(C2CC(=O)C3=C(C2)Nc2ccccc2N(C(C)=O)C3c2ccco2)cc1. The number of hydrogen-bond donors (Lipinski definition) is 1. The second-order valence-corrected chi connectivity index (χ2v) is 9.13. The Morgan fingerprint density at radius 1 is 1.03 bits per heavy atom. The van der Waals surface area contributed by atoms with Crippen LogP contribution in [0.2, 0.25) is 0 Å². The van der Waals surface area contributed by atoms with Crippen LogP contribution in [0.1, 0.15) is 56.9 Å². The Labute approximate surface area is 206 Å². The van der Waals surface area contributed by atoms with E-state index in [1.54, 1.807) is 17.2 Å². The molecule has 2 aromatic carbocycles. The van der Waals surface area contributed by atoms with E-state index in [0.29, 0.717) is 24.2 Å². The van der Waals surface area contributed by atoms with Gasteiger partial charge in [0.05, 0.1) is 17.6 Å². The number of para-hydroxylation sites is 2. The summed E-state index contributed by atoms with van der Waals surface area (Å²) in [7, 11) is 0. The molecule has 1 aliphatic heterocycles. The van der Waals surface area contributed by atoms with Crippen LogP contribution in [0.15, 0.2) is 82.6 Å². The molecule has 2 aliphatic rings. The summed E-state index contributed by atoms with van der Waals surface area (Å²) >= 11 is 0. The quantitative estimate of drug-likeness (QED) is 0.493. The van der Waals surface area contributed by atoms with Crippen LogP contribution in [0.4, 0.5) is 17.1 Å². The molecule has 0 bridgehead atoms. The Balaban J connectivity index is 1.57. The molecule has 1 N–H and O–H groups in total. The lowest BCUT2D eigenvalue weighted by molar-refractivity contribution is -0.117. The predicted octanol–water partition coefficient (Wildman–Crippen LogP) is 6.05. The molecule has 1 amide bonds. The lowest BCUT2D eigenvalue weighted by atomic mass is 9.79. The summed E-state index contributed by atoms with van der Waals surface area (Å²) in [4.78, 5) is 30.7. The Bertz CT molecular complexity index is 1260. The van der Waals surface area contributed by atoms with Gasteiger partial charge < -0.3 is 14.6 Å². The first-order valence-corrected chi connectivity index (χ1v) is 12.3. The Kier molecular flexibility index (Phi) is 6.20. The molecule has 0 fully saturated rings. The summed E-state index contributed by atoms with van der Waals surface area (Å²) in [5.41, 5.74) is 5.37. The fourth-order valence-corrected chi connectivity index (χ4v) is 5.44. The lowest BCUT2D eigenvalue weighted by Crippen LogP contribution is -2.37. The fraction of sp³-hybridized carbons (Fsp3) is 0.310. The van der Waals surface area contributed by atoms with E-state index >= 15 is 0 Å². The number of benzene rings is 2. The van der Waals surface area contributed by atoms with Crippen LogP contribution in [-0.2, 0) is 9.59 Å². The second-order valence-electron chi connectivity index (χ2n) is 9.13. The molecule has 2 atom stereocenters. The predicted molar refractivity (Wildman–Crippen MR) is 139 cm³/mol. The summed E-state index contributed by atoms with van der Waals surface area (Å²) in [6, 6.07) is 19.3. The Morgan fingerprint density at radius 3 is 2.43 bits per heavy atom. The number of hydrogen-bond acceptors (Lipinski definition) is 5. The van der Waals surface area contributed by atoms with Crippen LogP contribution in [0.3, 0.4) is 0 Å². The zero-order valence-electron chi connectivity index (χ0n) is 20.5. The van der Waals surface area contributed by atoms with Crippen molar-refractivity contribution in [2.24, 2.45) is 0 Å². The Hall–Kier alpha value is -3.80. The van der Waals surface area contributed by atoms with Crippen molar-refractivity contribution in [2.45, 2.75) is 45.6 Å². The molecule has 0 radical (unpaired) electrons. The first-order chi connectivity index (χ1) is 17.0. The summed E-state index contributed by atoms with van der Waals surface area (Å²) in [6.07, 6.45) is 2.67. The van der Waals surface area contributed by atoms with Crippen molar-refractivity contribution in [3.8, 4) is 0 Å². The van der Waals surface area contributed by atoms with Gasteiger partial charge in [0.15, 0.2) is 5.78 Å². The molecular weight excluding hydrogens is 438 g/mol. The number of nitrogens with one attached hydrogen (secondary N) is 1. The van der Waals surface area contributed by atoms with E-state index in [2.05, 4.69) is 48.3 Å². The maximum Gasteiger partial charge on any atom is 0.224 e. The van der Waals surface area contributed by atoms with E-state index in [0.717, 1.165) is 35.7 Å². The number of rotatable bonds is 5. The number of carbonyl (C=O) groups is 2. The van der Waals surface area contributed by atoms with Gasteiger partial charge in [0.2, 0.25) is 5.91 Å². The van der Waals surface area contributed by atoms with Gasteiger partial charge in [-0.2, -0.15) is 0 Å². The number of carbonyl (C=O) groups excluding carboxylic acids is 2. The van der Waals surface area contributed by atoms with E-state index in [1.165, 1.54) is 12.6 Å². The number of fused-ring (bicyclic) bond motifs is 1. The molecule has 6 heteroatoms. The highest BCUT2D eigenvalue weighted by atomic mass is 16.3. The average Bonchev–Trinajstić information content (AvgIpc) is 3.34. The average molecular weight is 470 g/mol. The van der Waals surface area contributed by atoms with Crippen LogP contribution in [0.25, 0.3) is 0 Å². The fourth-order valence-electron chi connectivity index (χ4n) is 5.44. The van der Waals surface area contributed by atoms with Gasteiger partial charge in [-0.05, 0) is 68.1 Å². The summed E-state index contributed by atoms with van der Waals surface area (Å²) in [6.45, 7) is 7.75. The summed E-state index contributed by atoms with van der Waals surface area (Å²) < 4.78 is 5.78. The maximum absolute atomic E-state index is 13.8. The summed E-state index contributed by atoms with van der Waals surface area (Å²) in [5.74, 6) is 0.544. The van der Waals surface area contributed by atoms with Crippen molar-refractivity contribution in [3.63, 3.8) is 0 Å². The third-order valence-electron chi connectivity index (χ3n) is 7.13. The minimum Gasteiger partial charge on any atom is -0.467 e. The van der Waals surface area contributed by atoms with E-state index in [4.69, 9.17) is 4.42 Å². The first-order valence-electron chi connectivity index (χ1n) is 12.3. The van der Waals surface area contributed by atoms with Gasteiger partial charge in [0.25, 0.3) is 0 Å². The zero-order valence-corrected chi connectivity index (χ0v) is 20.5. The molecule has 1 aliphatic carbocycles. The molecule has 3 aromatic rings. The van der Waals surface area contributed by atoms with Crippen LogP contribution in [0.5, 0.6) is 0 Å². The first kappa shape index (κ1) is 23.0. The molecule has 35 heavy (non-hydrogen) atoms. The summed E-state index contributed by atoms with van der Waals surface area (Å²) in [5, 5.41) is 3.53. The number of allylic oxidation sites excluding steroid dienone is 1. The molecular formula is C29H31N3O3. The van der Waals surface area contributed by atoms with Gasteiger partial charge in [0, 0.05) is 43.4 Å². The van der Waals surface area contributed by atoms with Gasteiger partial charge in [0.1, 0.15) is 11.8 Å². The number of furan rings is 1. The third kappa shape index (κ3) is 4.14. The molecule has 0 saturated carbocycles. The van der Waals surface area contributed by atoms with Crippen LogP contribution >= 0.6 is 0 Å². The molecule has 6 nitrogen and oxygen atoms in total. The van der Waals surface area contributed by atoms with Gasteiger partial charge in [-0.15, -0.1) is 0 Å². The molecule has 2 heterocycles. The number of ketones is 1. The van der Waals surface area contributed by atoms with Gasteiger partial charge in [-0.25, -0.2) is 0 Å². The second kappa shape index (κ2) is 9.45. The minimum absolute atomic E-state index is 0.0389. The highest BCUT2D eigenvalue weighted by Crippen LogP contribution is 2.47. The van der Waals surface area contributed by atoms with Crippen LogP contribution < -0.4 is 15.1 Å². The van der Waals surface area contributed by atoms with Crippen LogP contribution in [0, 0.1) is 0 Å². The maximum atomic E-state index is 13.8. The molecule has 0 spiro atoms. The van der Waals surface area contributed by atoms with Crippen molar-refractivity contribution in [1.82, 2.24) is 0 Å². The topological polar surface area (TPSA) is 65.8 Å². The molecule has 1 aromatic heterocycles. The molecule has 2 unspecified atom stereocenters. The number of anilines is 3. The van der Waals surface area contributed by atoms with Gasteiger partial charge in [-0.1, -0.05) is 24.3 Å². The zero-order chi connectivity index (χ0) is 24.5. The monoisotopic (exact) mass is 469 g/mol. The van der Waals surface area contributed by atoms with Crippen molar-refractivity contribution in [2.75, 3.05) is 28.2 Å². The lowest BCUT2D eigenvalue weighted by Gasteiger charge is -2.33. The van der Waals surface area contributed by atoms with E-state index in [1.807, 2.05) is 30.3 Å². The van der Waals surface area contributed by atoms with Crippen molar-refractivity contribution < 1.29 is 14.0 Å². The Morgan fingerprint density at radius 2 is 1.77 bits per heavy atom. The van der Waals surface area contributed by atoms with Gasteiger partial charge >= 0.3 is 0 Å². The van der Waals surface area contributed by atoms with E-state index < -0.39 is 6.04 Å². The van der Waals surface area contributed by atoms with E-state index in [-0.39, 0.29) is 17.6 Å². The normalized spacial score (nSPS) is 19.5. The van der Waals surface area contributed by atoms with Crippen molar-refractivity contribution >= 4 is 28.8 Å². The standard InChI is InChI=1S/C29H31N3O3/c1-4-31(5-2)22-14-12-20(13-15-22)21-17-24-28(26(34)18-21)29(27-11-8-16-35-27)32(19(3)33)25-10-7-6-9-23(25)30-24/h6-16,21,29-30H,4-5,17-18H2,1-3H3. The number of amides is 1. The molecule has 5 rings (SSSR count). The molecule has 0 saturated heterocycles. The largest absolute Gasteiger partial charge is 0.467 e. The molecule has 180 valence electrons. The van der Waals surface area contributed by atoms with Crippen LogP contribution in [-0.4, -0.2) is 24.8 Å².